The first-order valence-electron chi connectivity index (χ1n) is 5.61. The second kappa shape index (κ2) is 4.51. The molecule has 1 aromatic heterocycles. The molecule has 1 aliphatic heterocycles. The summed E-state index contributed by atoms with van der Waals surface area (Å²) >= 11 is 0. The topological polar surface area (TPSA) is 53.4 Å². The van der Waals surface area contributed by atoms with Crippen LogP contribution in [0, 0.1) is 5.92 Å². The summed E-state index contributed by atoms with van der Waals surface area (Å²) < 4.78 is 0. The SMILES string of the molecule is CC1CCN(c2ccc(C(=O)O)cn2)CC1. The van der Waals surface area contributed by atoms with Crippen LogP contribution in [0.25, 0.3) is 0 Å². The number of rotatable bonds is 2. The maximum atomic E-state index is 10.7. The molecule has 4 nitrogen and oxygen atoms in total. The predicted octanol–water partition coefficient (Wildman–Crippen LogP) is 2.02. The van der Waals surface area contributed by atoms with Crippen molar-refractivity contribution in [2.75, 3.05) is 18.0 Å². The molecule has 1 saturated heterocycles. The van der Waals surface area contributed by atoms with Crippen LogP contribution >= 0.6 is 0 Å². The van der Waals surface area contributed by atoms with E-state index in [0.29, 0.717) is 0 Å². The first-order chi connectivity index (χ1) is 7.66. The van der Waals surface area contributed by atoms with Crippen LogP contribution in [0.4, 0.5) is 5.82 Å². The summed E-state index contributed by atoms with van der Waals surface area (Å²) in [6.45, 7) is 4.29. The number of nitrogens with zero attached hydrogens (tertiary/aromatic N) is 2. The average molecular weight is 220 g/mol. The molecule has 16 heavy (non-hydrogen) atoms. The molecular formula is C12H16N2O2. The van der Waals surface area contributed by atoms with Crippen molar-refractivity contribution >= 4 is 11.8 Å². The van der Waals surface area contributed by atoms with Gasteiger partial charge in [-0.2, -0.15) is 0 Å². The fourth-order valence-corrected chi connectivity index (χ4v) is 1.94. The Balaban J connectivity index is 2.07. The second-order valence-corrected chi connectivity index (χ2v) is 4.38. The standard InChI is InChI=1S/C12H16N2O2/c1-9-4-6-14(7-5-9)11-3-2-10(8-13-11)12(15)16/h2-3,8-9H,4-7H2,1H3,(H,15,16). The lowest BCUT2D eigenvalue weighted by molar-refractivity contribution is 0.0696. The van der Waals surface area contributed by atoms with E-state index in [1.165, 1.54) is 19.0 Å². The average Bonchev–Trinajstić information content (AvgIpc) is 2.30. The quantitative estimate of drug-likeness (QED) is 0.828. The molecule has 0 amide bonds. The number of carbonyl (C=O) groups is 1. The Morgan fingerprint density at radius 1 is 1.44 bits per heavy atom. The van der Waals surface area contributed by atoms with Crippen molar-refractivity contribution in [1.82, 2.24) is 4.98 Å². The van der Waals surface area contributed by atoms with Gasteiger partial charge in [0.05, 0.1) is 5.56 Å². The number of aromatic nitrogens is 1. The highest BCUT2D eigenvalue weighted by Gasteiger charge is 2.16. The molecule has 0 spiro atoms. The van der Waals surface area contributed by atoms with Crippen molar-refractivity contribution in [2.24, 2.45) is 5.92 Å². The second-order valence-electron chi connectivity index (χ2n) is 4.38. The highest BCUT2D eigenvalue weighted by atomic mass is 16.4. The summed E-state index contributed by atoms with van der Waals surface area (Å²) in [6, 6.07) is 3.40. The third-order valence-electron chi connectivity index (χ3n) is 3.10. The van der Waals surface area contributed by atoms with Crippen LogP contribution < -0.4 is 4.90 Å². The number of carboxylic acids is 1. The van der Waals surface area contributed by atoms with Crippen molar-refractivity contribution in [3.63, 3.8) is 0 Å². The van der Waals surface area contributed by atoms with Gasteiger partial charge in [0.15, 0.2) is 0 Å². The Morgan fingerprint density at radius 2 is 2.12 bits per heavy atom. The number of hydrogen-bond donors (Lipinski definition) is 1. The molecule has 0 aliphatic carbocycles. The van der Waals surface area contributed by atoms with Gasteiger partial charge in [0, 0.05) is 19.3 Å². The zero-order chi connectivity index (χ0) is 11.5. The van der Waals surface area contributed by atoms with Gasteiger partial charge in [-0.1, -0.05) is 6.92 Å². The highest BCUT2D eigenvalue weighted by Crippen LogP contribution is 2.21. The monoisotopic (exact) mass is 220 g/mol. The molecule has 2 rings (SSSR count). The lowest BCUT2D eigenvalue weighted by Gasteiger charge is -2.31. The van der Waals surface area contributed by atoms with Crippen LogP contribution in [0.1, 0.15) is 30.1 Å². The van der Waals surface area contributed by atoms with E-state index in [1.54, 1.807) is 12.1 Å². The number of pyridine rings is 1. The lowest BCUT2D eigenvalue weighted by Crippen LogP contribution is -2.33. The Kier molecular flexibility index (Phi) is 3.08. The number of aromatic carboxylic acids is 1. The first-order valence-corrected chi connectivity index (χ1v) is 5.61. The number of anilines is 1. The van der Waals surface area contributed by atoms with E-state index in [4.69, 9.17) is 5.11 Å². The van der Waals surface area contributed by atoms with E-state index in [1.807, 2.05) is 0 Å². The van der Waals surface area contributed by atoms with Crippen molar-refractivity contribution in [1.29, 1.82) is 0 Å². The van der Waals surface area contributed by atoms with E-state index in [-0.39, 0.29) is 5.56 Å². The third kappa shape index (κ3) is 2.32. The molecule has 1 N–H and O–H groups in total. The third-order valence-corrected chi connectivity index (χ3v) is 3.10. The van der Waals surface area contributed by atoms with Crippen LogP contribution in [0.2, 0.25) is 0 Å². The molecule has 1 aromatic rings. The van der Waals surface area contributed by atoms with Gasteiger partial charge in [0.1, 0.15) is 5.82 Å². The predicted molar refractivity (Wildman–Crippen MR) is 61.8 cm³/mol. The minimum absolute atomic E-state index is 0.245. The lowest BCUT2D eigenvalue weighted by atomic mass is 9.99. The van der Waals surface area contributed by atoms with Crippen LogP contribution in [0.15, 0.2) is 18.3 Å². The highest BCUT2D eigenvalue weighted by molar-refractivity contribution is 5.87. The van der Waals surface area contributed by atoms with Gasteiger partial charge < -0.3 is 10.0 Å². The summed E-state index contributed by atoms with van der Waals surface area (Å²) in [5.41, 5.74) is 0.245. The van der Waals surface area contributed by atoms with Gasteiger partial charge >= 0.3 is 5.97 Å². The minimum Gasteiger partial charge on any atom is -0.478 e. The maximum absolute atomic E-state index is 10.7. The first kappa shape index (κ1) is 10.9. The Bertz CT molecular complexity index is 367. The zero-order valence-electron chi connectivity index (χ0n) is 9.39. The molecular weight excluding hydrogens is 204 g/mol. The van der Waals surface area contributed by atoms with Gasteiger partial charge in [0.25, 0.3) is 0 Å². The Morgan fingerprint density at radius 3 is 2.62 bits per heavy atom. The van der Waals surface area contributed by atoms with Crippen molar-refractivity contribution in [3.8, 4) is 0 Å². The molecule has 0 atom stereocenters. The number of carboxylic acid groups (broad SMARTS) is 1. The Hall–Kier alpha value is -1.58. The summed E-state index contributed by atoms with van der Waals surface area (Å²) in [4.78, 5) is 17.1. The fourth-order valence-electron chi connectivity index (χ4n) is 1.94. The van der Waals surface area contributed by atoms with Crippen molar-refractivity contribution < 1.29 is 9.90 Å². The summed E-state index contributed by atoms with van der Waals surface area (Å²) in [5, 5.41) is 8.77. The van der Waals surface area contributed by atoms with E-state index in [9.17, 15) is 4.79 Å². The van der Waals surface area contributed by atoms with E-state index in [2.05, 4.69) is 16.8 Å². The minimum atomic E-state index is -0.925. The summed E-state index contributed by atoms with van der Waals surface area (Å²) in [7, 11) is 0. The maximum Gasteiger partial charge on any atom is 0.337 e. The molecule has 0 bridgehead atoms. The van der Waals surface area contributed by atoms with Crippen molar-refractivity contribution in [2.45, 2.75) is 19.8 Å². The van der Waals surface area contributed by atoms with Crippen LogP contribution in [-0.2, 0) is 0 Å². The molecule has 1 fully saturated rings. The molecule has 0 saturated carbocycles. The molecule has 4 heteroatoms. The molecule has 1 aliphatic rings. The van der Waals surface area contributed by atoms with Gasteiger partial charge in [-0.05, 0) is 30.9 Å². The van der Waals surface area contributed by atoms with Crippen LogP contribution in [0.5, 0.6) is 0 Å². The van der Waals surface area contributed by atoms with E-state index >= 15 is 0 Å². The molecule has 0 unspecified atom stereocenters. The smallest absolute Gasteiger partial charge is 0.337 e. The van der Waals surface area contributed by atoms with E-state index in [0.717, 1.165) is 24.8 Å². The van der Waals surface area contributed by atoms with Crippen LogP contribution in [0.3, 0.4) is 0 Å². The van der Waals surface area contributed by atoms with Gasteiger partial charge in [0.2, 0.25) is 0 Å². The molecule has 2 heterocycles. The van der Waals surface area contributed by atoms with E-state index < -0.39 is 5.97 Å². The molecule has 0 radical (unpaired) electrons. The van der Waals surface area contributed by atoms with Crippen LogP contribution in [-0.4, -0.2) is 29.1 Å². The van der Waals surface area contributed by atoms with Gasteiger partial charge in [-0.3, -0.25) is 0 Å². The summed E-state index contributed by atoms with van der Waals surface area (Å²) in [6.07, 6.45) is 3.79. The fraction of sp³-hybridized carbons (Fsp3) is 0.500. The molecule has 86 valence electrons. The van der Waals surface area contributed by atoms with Crippen molar-refractivity contribution in [3.05, 3.63) is 23.9 Å². The Labute approximate surface area is 94.9 Å². The largest absolute Gasteiger partial charge is 0.478 e. The number of piperidine rings is 1. The van der Waals surface area contributed by atoms with Gasteiger partial charge in [-0.15, -0.1) is 0 Å². The normalized spacial score (nSPS) is 17.4. The zero-order valence-corrected chi connectivity index (χ0v) is 9.39. The number of hydrogen-bond acceptors (Lipinski definition) is 3. The summed E-state index contributed by atoms with van der Waals surface area (Å²) in [5.74, 6) is 0.748. The van der Waals surface area contributed by atoms with Gasteiger partial charge in [-0.25, -0.2) is 9.78 Å². The molecule has 0 aromatic carbocycles.